The molecule has 0 amide bonds. The lowest BCUT2D eigenvalue weighted by atomic mass is 9.98. The Morgan fingerprint density at radius 3 is 2.38 bits per heavy atom. The number of benzene rings is 2. The molecule has 0 bridgehead atoms. The van der Waals surface area contributed by atoms with Gasteiger partial charge in [-0.1, -0.05) is 35.4 Å². The van der Waals surface area contributed by atoms with Crippen molar-refractivity contribution in [3.05, 3.63) is 70.5 Å². The van der Waals surface area contributed by atoms with E-state index in [2.05, 4.69) is 62.6 Å². The van der Waals surface area contributed by atoms with E-state index < -0.39 is 0 Å². The number of furan rings is 1. The van der Waals surface area contributed by atoms with Crippen molar-refractivity contribution in [1.29, 1.82) is 0 Å². The lowest BCUT2D eigenvalue weighted by molar-refractivity contribution is 0.476. The number of rotatable bonds is 3. The minimum Gasteiger partial charge on any atom is -0.459 e. The molecule has 3 rings (SSSR count). The Hall–Kier alpha value is -2.10. The SMILES string of the molecule is Cc1ccc(C(NN)c2cc3cc(C)ccc3o2)c(C)c1. The minimum atomic E-state index is -0.140. The van der Waals surface area contributed by atoms with E-state index in [0.717, 1.165) is 22.3 Å². The molecule has 1 atom stereocenters. The number of hydrazine groups is 1. The molecule has 0 radical (unpaired) electrons. The third-order valence-corrected chi connectivity index (χ3v) is 3.88. The van der Waals surface area contributed by atoms with Crippen molar-refractivity contribution in [3.8, 4) is 0 Å². The van der Waals surface area contributed by atoms with E-state index in [9.17, 15) is 0 Å². The molecule has 0 saturated carbocycles. The average Bonchev–Trinajstić information content (AvgIpc) is 2.84. The van der Waals surface area contributed by atoms with Gasteiger partial charge < -0.3 is 4.42 Å². The number of hydrogen-bond acceptors (Lipinski definition) is 3. The highest BCUT2D eigenvalue weighted by atomic mass is 16.3. The highest BCUT2D eigenvalue weighted by molar-refractivity contribution is 5.79. The summed E-state index contributed by atoms with van der Waals surface area (Å²) in [5.74, 6) is 6.62. The molecule has 1 unspecified atom stereocenters. The highest BCUT2D eigenvalue weighted by Gasteiger charge is 2.19. The lowest BCUT2D eigenvalue weighted by Gasteiger charge is -2.16. The predicted octanol–water partition coefficient (Wildman–Crippen LogP) is 3.91. The maximum absolute atomic E-state index is 5.97. The van der Waals surface area contributed by atoms with Crippen LogP contribution >= 0.6 is 0 Å². The first-order chi connectivity index (χ1) is 10.1. The summed E-state index contributed by atoms with van der Waals surface area (Å²) < 4.78 is 5.97. The monoisotopic (exact) mass is 280 g/mol. The molecule has 21 heavy (non-hydrogen) atoms. The van der Waals surface area contributed by atoms with Crippen LogP contribution in [0.3, 0.4) is 0 Å². The van der Waals surface area contributed by atoms with Crippen LogP contribution in [-0.4, -0.2) is 0 Å². The van der Waals surface area contributed by atoms with Gasteiger partial charge in [0.25, 0.3) is 0 Å². The Balaban J connectivity index is 2.09. The summed E-state index contributed by atoms with van der Waals surface area (Å²) >= 11 is 0. The molecule has 0 saturated heterocycles. The smallest absolute Gasteiger partial charge is 0.134 e. The second kappa shape index (κ2) is 5.35. The van der Waals surface area contributed by atoms with Gasteiger partial charge in [0.2, 0.25) is 0 Å². The molecule has 1 heterocycles. The third kappa shape index (κ3) is 2.58. The van der Waals surface area contributed by atoms with Crippen LogP contribution in [0.2, 0.25) is 0 Å². The topological polar surface area (TPSA) is 51.2 Å². The van der Waals surface area contributed by atoms with Crippen molar-refractivity contribution in [3.63, 3.8) is 0 Å². The third-order valence-electron chi connectivity index (χ3n) is 3.88. The minimum absolute atomic E-state index is 0.140. The molecule has 0 aliphatic heterocycles. The molecular weight excluding hydrogens is 260 g/mol. The van der Waals surface area contributed by atoms with E-state index >= 15 is 0 Å². The number of fused-ring (bicyclic) bond motifs is 1. The normalized spacial score (nSPS) is 12.8. The second-order valence-corrected chi connectivity index (χ2v) is 5.65. The van der Waals surface area contributed by atoms with Crippen LogP contribution in [0, 0.1) is 20.8 Å². The zero-order chi connectivity index (χ0) is 15.0. The molecule has 3 heteroatoms. The highest BCUT2D eigenvalue weighted by Crippen LogP contribution is 2.30. The summed E-state index contributed by atoms with van der Waals surface area (Å²) in [6.45, 7) is 6.26. The van der Waals surface area contributed by atoms with Crippen molar-refractivity contribution in [2.24, 2.45) is 5.84 Å². The number of nitrogens with two attached hydrogens (primary N) is 1. The Bertz CT molecular complexity index is 789. The van der Waals surface area contributed by atoms with Crippen LogP contribution in [0.4, 0.5) is 0 Å². The molecule has 0 fully saturated rings. The molecule has 2 aromatic carbocycles. The molecule has 3 N–H and O–H groups in total. The van der Waals surface area contributed by atoms with Crippen LogP contribution < -0.4 is 11.3 Å². The molecule has 108 valence electrons. The molecule has 0 aliphatic rings. The summed E-state index contributed by atoms with van der Waals surface area (Å²) in [7, 11) is 0. The zero-order valence-electron chi connectivity index (χ0n) is 12.6. The first kappa shape index (κ1) is 13.9. The predicted molar refractivity (Wildman–Crippen MR) is 86.0 cm³/mol. The molecule has 3 nitrogen and oxygen atoms in total. The van der Waals surface area contributed by atoms with Crippen LogP contribution in [0.5, 0.6) is 0 Å². The van der Waals surface area contributed by atoms with Gasteiger partial charge in [0.05, 0.1) is 0 Å². The fraction of sp³-hybridized carbons (Fsp3) is 0.222. The Kier molecular flexibility index (Phi) is 3.53. The molecule has 1 aromatic heterocycles. The van der Waals surface area contributed by atoms with E-state index in [1.807, 2.05) is 6.07 Å². The summed E-state index contributed by atoms with van der Waals surface area (Å²) in [5, 5.41) is 1.11. The van der Waals surface area contributed by atoms with Crippen molar-refractivity contribution in [2.45, 2.75) is 26.8 Å². The van der Waals surface area contributed by atoms with Gasteiger partial charge in [0.15, 0.2) is 0 Å². The van der Waals surface area contributed by atoms with E-state index in [0.29, 0.717) is 0 Å². The number of aryl methyl sites for hydroxylation is 3. The zero-order valence-corrected chi connectivity index (χ0v) is 12.6. The average molecular weight is 280 g/mol. The van der Waals surface area contributed by atoms with Crippen LogP contribution in [0.1, 0.15) is 34.1 Å². The summed E-state index contributed by atoms with van der Waals surface area (Å²) in [6.07, 6.45) is 0. The van der Waals surface area contributed by atoms with Crippen LogP contribution in [-0.2, 0) is 0 Å². The molecule has 0 aliphatic carbocycles. The molecular formula is C18H20N2O. The maximum atomic E-state index is 5.97. The van der Waals surface area contributed by atoms with Gasteiger partial charge >= 0.3 is 0 Å². The van der Waals surface area contributed by atoms with E-state index in [4.69, 9.17) is 10.3 Å². The van der Waals surface area contributed by atoms with Gasteiger partial charge in [-0.05, 0) is 50.1 Å². The second-order valence-electron chi connectivity index (χ2n) is 5.65. The van der Waals surface area contributed by atoms with Crippen molar-refractivity contribution < 1.29 is 4.42 Å². The summed E-state index contributed by atoms with van der Waals surface area (Å²) in [5.41, 5.74) is 8.57. The molecule has 3 aromatic rings. The van der Waals surface area contributed by atoms with Crippen molar-refractivity contribution in [1.82, 2.24) is 5.43 Å². The maximum Gasteiger partial charge on any atom is 0.134 e. The van der Waals surface area contributed by atoms with Crippen molar-refractivity contribution >= 4 is 11.0 Å². The van der Waals surface area contributed by atoms with E-state index in [1.165, 1.54) is 16.7 Å². The fourth-order valence-corrected chi connectivity index (χ4v) is 2.80. The van der Waals surface area contributed by atoms with E-state index in [-0.39, 0.29) is 6.04 Å². The van der Waals surface area contributed by atoms with Gasteiger partial charge in [-0.3, -0.25) is 5.84 Å². The van der Waals surface area contributed by atoms with Crippen LogP contribution in [0.15, 0.2) is 46.9 Å². The summed E-state index contributed by atoms with van der Waals surface area (Å²) in [4.78, 5) is 0. The lowest BCUT2D eigenvalue weighted by Crippen LogP contribution is -2.29. The quantitative estimate of drug-likeness (QED) is 0.565. The largest absolute Gasteiger partial charge is 0.459 e. The summed E-state index contributed by atoms with van der Waals surface area (Å²) in [6, 6.07) is 14.5. The van der Waals surface area contributed by atoms with Gasteiger partial charge in [0, 0.05) is 5.39 Å². The number of hydrogen-bond donors (Lipinski definition) is 2. The first-order valence-electron chi connectivity index (χ1n) is 7.12. The van der Waals surface area contributed by atoms with E-state index in [1.54, 1.807) is 0 Å². The fourth-order valence-electron chi connectivity index (χ4n) is 2.80. The Labute approximate surface area is 124 Å². The number of nitrogens with one attached hydrogen (secondary N) is 1. The van der Waals surface area contributed by atoms with Crippen molar-refractivity contribution in [2.75, 3.05) is 0 Å². The Morgan fingerprint density at radius 2 is 1.67 bits per heavy atom. The standard InChI is InChI=1S/C18H20N2O/c1-11-4-6-15(13(3)8-11)18(20-19)17-10-14-9-12(2)5-7-16(14)21-17/h4-10,18,20H,19H2,1-3H3. The van der Waals surface area contributed by atoms with Gasteiger partial charge in [-0.15, -0.1) is 0 Å². The first-order valence-corrected chi connectivity index (χ1v) is 7.12. The van der Waals surface area contributed by atoms with Gasteiger partial charge in [0.1, 0.15) is 17.4 Å². The van der Waals surface area contributed by atoms with Gasteiger partial charge in [-0.25, -0.2) is 5.43 Å². The van der Waals surface area contributed by atoms with Crippen LogP contribution in [0.25, 0.3) is 11.0 Å². The molecule has 0 spiro atoms. The van der Waals surface area contributed by atoms with Gasteiger partial charge in [-0.2, -0.15) is 0 Å². The Morgan fingerprint density at radius 1 is 0.952 bits per heavy atom.